The molecule has 1 aromatic heterocycles. The van der Waals surface area contributed by atoms with Crippen LogP contribution in [0.3, 0.4) is 0 Å². The summed E-state index contributed by atoms with van der Waals surface area (Å²) in [6, 6.07) is 8.03. The predicted molar refractivity (Wildman–Crippen MR) is 71.7 cm³/mol. The summed E-state index contributed by atoms with van der Waals surface area (Å²) in [6.07, 6.45) is 0.746. The van der Waals surface area contributed by atoms with Gasteiger partial charge in [-0.05, 0) is 37.1 Å². The lowest BCUT2D eigenvalue weighted by Crippen LogP contribution is -2.30. The molecule has 1 aromatic carbocycles. The Morgan fingerprint density at radius 3 is 2.74 bits per heavy atom. The second-order valence-corrected chi connectivity index (χ2v) is 4.40. The molecule has 0 saturated carbocycles. The molecule has 0 fully saturated rings. The third-order valence-electron chi connectivity index (χ3n) is 3.02. The fraction of sp³-hybridized carbons (Fsp3) is 0.286. The van der Waals surface area contributed by atoms with Crippen molar-refractivity contribution in [2.45, 2.75) is 26.3 Å². The molecule has 19 heavy (non-hydrogen) atoms. The van der Waals surface area contributed by atoms with Crippen molar-refractivity contribution in [3.63, 3.8) is 0 Å². The maximum Gasteiger partial charge on any atom is 0.123 e. The number of hydrogen-bond acceptors (Lipinski definition) is 4. The minimum absolute atomic E-state index is 0.283. The van der Waals surface area contributed by atoms with Crippen molar-refractivity contribution in [2.24, 2.45) is 5.84 Å². The molecule has 1 atom stereocenters. The van der Waals surface area contributed by atoms with E-state index in [1.165, 1.54) is 12.1 Å². The fourth-order valence-corrected chi connectivity index (χ4v) is 2.11. The summed E-state index contributed by atoms with van der Waals surface area (Å²) in [7, 11) is 0. The molecule has 0 spiro atoms. The molecule has 5 heteroatoms. The van der Waals surface area contributed by atoms with Gasteiger partial charge in [0.2, 0.25) is 0 Å². The van der Waals surface area contributed by atoms with Crippen molar-refractivity contribution in [3.05, 3.63) is 58.7 Å². The van der Waals surface area contributed by atoms with Crippen molar-refractivity contribution in [3.8, 4) is 0 Å². The summed E-state index contributed by atoms with van der Waals surface area (Å²) >= 11 is 0. The Morgan fingerprint density at radius 1 is 1.32 bits per heavy atom. The first-order chi connectivity index (χ1) is 9.15. The van der Waals surface area contributed by atoms with E-state index >= 15 is 0 Å². The van der Waals surface area contributed by atoms with Crippen molar-refractivity contribution < 1.29 is 4.39 Å². The normalized spacial score (nSPS) is 12.4. The van der Waals surface area contributed by atoms with E-state index < -0.39 is 0 Å². The summed E-state index contributed by atoms with van der Waals surface area (Å²) in [4.78, 5) is 0. The largest absolute Gasteiger partial charge is 0.271 e. The third kappa shape index (κ3) is 2.94. The molecular weight excluding hydrogens is 243 g/mol. The Balaban J connectivity index is 2.50. The lowest BCUT2D eigenvalue weighted by atomic mass is 9.97. The van der Waals surface area contributed by atoms with E-state index in [0.29, 0.717) is 0 Å². The monoisotopic (exact) mass is 260 g/mol. The van der Waals surface area contributed by atoms with Crippen molar-refractivity contribution in [1.29, 1.82) is 0 Å². The fourth-order valence-electron chi connectivity index (χ4n) is 2.11. The number of benzene rings is 1. The minimum atomic E-state index is -0.292. The van der Waals surface area contributed by atoms with Gasteiger partial charge in [0.05, 0.1) is 17.4 Å². The zero-order valence-corrected chi connectivity index (χ0v) is 11.0. The van der Waals surface area contributed by atoms with Gasteiger partial charge in [-0.2, -0.15) is 10.2 Å². The van der Waals surface area contributed by atoms with Crippen LogP contribution < -0.4 is 11.3 Å². The Bertz CT molecular complexity index is 571. The first-order valence-electron chi connectivity index (χ1n) is 6.20. The number of aromatic nitrogens is 2. The molecule has 4 nitrogen and oxygen atoms in total. The highest BCUT2D eigenvalue weighted by Crippen LogP contribution is 2.24. The molecule has 100 valence electrons. The van der Waals surface area contributed by atoms with Crippen LogP contribution in [0, 0.1) is 12.7 Å². The maximum atomic E-state index is 13.3. The predicted octanol–water partition coefficient (Wildman–Crippen LogP) is 2.04. The summed E-state index contributed by atoms with van der Waals surface area (Å²) < 4.78 is 13.3. The van der Waals surface area contributed by atoms with Crippen LogP contribution >= 0.6 is 0 Å². The summed E-state index contributed by atoms with van der Waals surface area (Å²) in [5, 5.41) is 8.22. The van der Waals surface area contributed by atoms with E-state index in [4.69, 9.17) is 5.84 Å². The van der Waals surface area contributed by atoms with Crippen LogP contribution in [-0.2, 0) is 6.42 Å². The van der Waals surface area contributed by atoms with Gasteiger partial charge >= 0.3 is 0 Å². The molecule has 0 aliphatic rings. The zero-order chi connectivity index (χ0) is 13.8. The Kier molecular flexibility index (Phi) is 4.19. The van der Waals surface area contributed by atoms with Crippen LogP contribution in [0.25, 0.3) is 0 Å². The minimum Gasteiger partial charge on any atom is -0.271 e. The van der Waals surface area contributed by atoms with E-state index in [1.807, 2.05) is 26.0 Å². The van der Waals surface area contributed by atoms with Gasteiger partial charge in [-0.15, -0.1) is 0 Å². The maximum absolute atomic E-state index is 13.3. The molecule has 0 radical (unpaired) electrons. The van der Waals surface area contributed by atoms with Crippen LogP contribution in [0.2, 0.25) is 0 Å². The lowest BCUT2D eigenvalue weighted by Gasteiger charge is -2.19. The van der Waals surface area contributed by atoms with E-state index in [0.717, 1.165) is 28.9 Å². The van der Waals surface area contributed by atoms with Crippen LogP contribution in [-0.4, -0.2) is 10.2 Å². The summed E-state index contributed by atoms with van der Waals surface area (Å²) in [6.45, 7) is 3.87. The summed E-state index contributed by atoms with van der Waals surface area (Å²) in [5.41, 5.74) is 6.10. The van der Waals surface area contributed by atoms with Gasteiger partial charge in [-0.1, -0.05) is 19.1 Å². The molecule has 2 rings (SSSR count). The van der Waals surface area contributed by atoms with E-state index in [2.05, 4.69) is 15.6 Å². The number of hydrogen-bond donors (Lipinski definition) is 2. The topological polar surface area (TPSA) is 63.8 Å². The highest BCUT2D eigenvalue weighted by molar-refractivity contribution is 5.34. The van der Waals surface area contributed by atoms with Crippen LogP contribution in [0.1, 0.15) is 35.5 Å². The first-order valence-corrected chi connectivity index (χ1v) is 6.20. The number of hydrazine groups is 1. The van der Waals surface area contributed by atoms with Gasteiger partial charge in [-0.25, -0.2) is 9.82 Å². The number of halogens is 1. The van der Waals surface area contributed by atoms with Gasteiger partial charge < -0.3 is 0 Å². The molecule has 0 aliphatic heterocycles. The third-order valence-corrected chi connectivity index (χ3v) is 3.02. The number of rotatable bonds is 4. The van der Waals surface area contributed by atoms with E-state index in [9.17, 15) is 4.39 Å². The standard InChI is InChI=1S/C14H17FN4/c1-3-13-12(7-9(2)18-19-13)14(17-16)10-5-4-6-11(15)8-10/h4-8,14,17H,3,16H2,1-2H3. The van der Waals surface area contributed by atoms with Crippen LogP contribution in [0.4, 0.5) is 4.39 Å². The molecule has 2 aromatic rings. The highest BCUT2D eigenvalue weighted by atomic mass is 19.1. The molecule has 0 amide bonds. The highest BCUT2D eigenvalue weighted by Gasteiger charge is 2.17. The van der Waals surface area contributed by atoms with Gasteiger partial charge in [0.15, 0.2) is 0 Å². The first kappa shape index (κ1) is 13.6. The zero-order valence-electron chi connectivity index (χ0n) is 11.0. The SMILES string of the molecule is CCc1nnc(C)cc1C(NN)c1cccc(F)c1. The Labute approximate surface area is 111 Å². The molecule has 0 bridgehead atoms. The van der Waals surface area contributed by atoms with Crippen molar-refractivity contribution in [1.82, 2.24) is 15.6 Å². The quantitative estimate of drug-likeness (QED) is 0.652. The average molecular weight is 260 g/mol. The van der Waals surface area contributed by atoms with Gasteiger partial charge in [0.25, 0.3) is 0 Å². The van der Waals surface area contributed by atoms with Crippen LogP contribution in [0.15, 0.2) is 30.3 Å². The Morgan fingerprint density at radius 2 is 2.11 bits per heavy atom. The molecule has 0 aliphatic carbocycles. The number of nitrogens with two attached hydrogens (primary N) is 1. The van der Waals surface area contributed by atoms with Crippen LogP contribution in [0.5, 0.6) is 0 Å². The Hall–Kier alpha value is -1.85. The number of nitrogens with one attached hydrogen (secondary N) is 1. The second-order valence-electron chi connectivity index (χ2n) is 4.40. The molecular formula is C14H17FN4. The average Bonchev–Trinajstić information content (AvgIpc) is 2.40. The van der Waals surface area contributed by atoms with E-state index in [1.54, 1.807) is 6.07 Å². The number of aryl methyl sites for hydroxylation is 2. The summed E-state index contributed by atoms with van der Waals surface area (Å²) in [5.74, 6) is 5.36. The molecule has 1 unspecified atom stereocenters. The number of nitrogens with zero attached hydrogens (tertiary/aromatic N) is 2. The molecule has 3 N–H and O–H groups in total. The van der Waals surface area contributed by atoms with Gasteiger partial charge in [0.1, 0.15) is 5.82 Å². The molecule has 1 heterocycles. The van der Waals surface area contributed by atoms with E-state index in [-0.39, 0.29) is 11.9 Å². The van der Waals surface area contributed by atoms with Crippen molar-refractivity contribution in [2.75, 3.05) is 0 Å². The molecule has 0 saturated heterocycles. The van der Waals surface area contributed by atoms with Crippen molar-refractivity contribution >= 4 is 0 Å². The lowest BCUT2D eigenvalue weighted by molar-refractivity contribution is 0.599. The van der Waals surface area contributed by atoms with Gasteiger partial charge in [-0.3, -0.25) is 5.84 Å². The smallest absolute Gasteiger partial charge is 0.123 e. The van der Waals surface area contributed by atoms with Gasteiger partial charge in [0, 0.05) is 5.56 Å². The second kappa shape index (κ2) is 5.86.